The number of amides is 2. The molecular formula is C15H22ClN3O3. The number of ether oxygens (including phenoxy) is 1. The third-order valence-electron chi connectivity index (χ3n) is 3.38. The molecule has 1 aromatic carbocycles. The van der Waals surface area contributed by atoms with E-state index in [2.05, 4.69) is 10.6 Å². The van der Waals surface area contributed by atoms with E-state index >= 15 is 0 Å². The molecule has 2 rings (SSSR count). The van der Waals surface area contributed by atoms with Gasteiger partial charge in [-0.1, -0.05) is 12.1 Å². The van der Waals surface area contributed by atoms with Gasteiger partial charge >= 0.3 is 0 Å². The summed E-state index contributed by atoms with van der Waals surface area (Å²) in [6, 6.07) is 7.40. The highest BCUT2D eigenvalue weighted by atomic mass is 35.5. The van der Waals surface area contributed by atoms with Gasteiger partial charge in [-0.05, 0) is 17.7 Å². The molecule has 0 unspecified atom stereocenters. The van der Waals surface area contributed by atoms with Crippen molar-refractivity contribution >= 4 is 24.2 Å². The smallest absolute Gasteiger partial charge is 0.259 e. The molecule has 122 valence electrons. The van der Waals surface area contributed by atoms with Gasteiger partial charge in [0, 0.05) is 33.7 Å². The largest absolute Gasteiger partial charge is 0.484 e. The Balaban J connectivity index is 0.00000242. The van der Waals surface area contributed by atoms with Gasteiger partial charge in [0.05, 0.1) is 5.92 Å². The Morgan fingerprint density at radius 2 is 2.09 bits per heavy atom. The van der Waals surface area contributed by atoms with Crippen LogP contribution in [0.4, 0.5) is 0 Å². The highest BCUT2D eigenvalue weighted by Crippen LogP contribution is 2.13. The van der Waals surface area contributed by atoms with Crippen LogP contribution in [0.5, 0.6) is 5.75 Å². The molecule has 0 spiro atoms. The van der Waals surface area contributed by atoms with Crippen LogP contribution < -0.4 is 15.4 Å². The molecule has 1 heterocycles. The molecule has 1 aromatic rings. The molecule has 0 atom stereocenters. The first-order valence-corrected chi connectivity index (χ1v) is 6.96. The third-order valence-corrected chi connectivity index (χ3v) is 3.38. The molecule has 22 heavy (non-hydrogen) atoms. The number of hydrogen-bond acceptors (Lipinski definition) is 4. The maximum Gasteiger partial charge on any atom is 0.259 e. The summed E-state index contributed by atoms with van der Waals surface area (Å²) >= 11 is 0. The molecule has 0 saturated carbocycles. The van der Waals surface area contributed by atoms with Crippen LogP contribution in [-0.4, -0.2) is 50.5 Å². The van der Waals surface area contributed by atoms with Crippen molar-refractivity contribution in [1.29, 1.82) is 0 Å². The minimum absolute atomic E-state index is 0. The Labute approximate surface area is 136 Å². The van der Waals surface area contributed by atoms with Crippen molar-refractivity contribution in [3.63, 3.8) is 0 Å². The zero-order valence-corrected chi connectivity index (χ0v) is 13.6. The predicted molar refractivity (Wildman–Crippen MR) is 86.1 cm³/mol. The van der Waals surface area contributed by atoms with Gasteiger partial charge in [-0.15, -0.1) is 12.4 Å². The van der Waals surface area contributed by atoms with Gasteiger partial charge in [-0.25, -0.2) is 0 Å². The summed E-state index contributed by atoms with van der Waals surface area (Å²) in [5.74, 6) is 0.693. The van der Waals surface area contributed by atoms with Crippen LogP contribution >= 0.6 is 12.4 Å². The molecule has 2 N–H and O–H groups in total. The first-order valence-electron chi connectivity index (χ1n) is 6.96. The van der Waals surface area contributed by atoms with Gasteiger partial charge < -0.3 is 20.3 Å². The van der Waals surface area contributed by atoms with Crippen molar-refractivity contribution in [1.82, 2.24) is 15.5 Å². The Morgan fingerprint density at radius 1 is 1.36 bits per heavy atom. The van der Waals surface area contributed by atoms with E-state index in [0.717, 1.165) is 18.7 Å². The number of halogens is 1. The molecule has 1 fully saturated rings. The van der Waals surface area contributed by atoms with Gasteiger partial charge in [-0.3, -0.25) is 9.59 Å². The Kier molecular flexibility index (Phi) is 7.14. The molecule has 1 saturated heterocycles. The summed E-state index contributed by atoms with van der Waals surface area (Å²) in [6.45, 7) is 1.98. The predicted octanol–water partition coefficient (Wildman–Crippen LogP) is 0.411. The van der Waals surface area contributed by atoms with Crippen molar-refractivity contribution in [2.45, 2.75) is 6.54 Å². The SMILES string of the molecule is CN(C)C(=O)COc1cccc(CNC(=O)C2CNC2)c1.Cl. The maximum absolute atomic E-state index is 11.7. The molecule has 1 aliphatic rings. The third kappa shape index (κ3) is 5.20. The lowest BCUT2D eigenvalue weighted by atomic mass is 10.0. The van der Waals surface area contributed by atoms with E-state index in [4.69, 9.17) is 4.74 Å². The topological polar surface area (TPSA) is 70.7 Å². The molecule has 7 heteroatoms. The number of hydrogen-bond donors (Lipinski definition) is 2. The number of rotatable bonds is 6. The second-order valence-corrected chi connectivity index (χ2v) is 5.30. The van der Waals surface area contributed by atoms with Gasteiger partial charge in [0.1, 0.15) is 5.75 Å². The van der Waals surface area contributed by atoms with Gasteiger partial charge in [0.25, 0.3) is 5.91 Å². The highest BCUT2D eigenvalue weighted by Gasteiger charge is 2.24. The van der Waals surface area contributed by atoms with E-state index in [9.17, 15) is 9.59 Å². The fraction of sp³-hybridized carbons (Fsp3) is 0.467. The van der Waals surface area contributed by atoms with Crippen molar-refractivity contribution in [3.05, 3.63) is 29.8 Å². The van der Waals surface area contributed by atoms with Crippen LogP contribution in [0.3, 0.4) is 0 Å². The van der Waals surface area contributed by atoms with Crippen LogP contribution in [0.15, 0.2) is 24.3 Å². The monoisotopic (exact) mass is 327 g/mol. The van der Waals surface area contributed by atoms with Crippen LogP contribution in [-0.2, 0) is 16.1 Å². The summed E-state index contributed by atoms with van der Waals surface area (Å²) in [5, 5.41) is 5.97. The normalized spacial score (nSPS) is 13.5. The lowest BCUT2D eigenvalue weighted by Gasteiger charge is -2.25. The zero-order chi connectivity index (χ0) is 15.2. The maximum atomic E-state index is 11.7. The molecular weight excluding hydrogens is 306 g/mol. The van der Waals surface area contributed by atoms with E-state index in [1.807, 2.05) is 18.2 Å². The van der Waals surface area contributed by atoms with Crippen LogP contribution in [0.1, 0.15) is 5.56 Å². The highest BCUT2D eigenvalue weighted by molar-refractivity contribution is 5.85. The van der Waals surface area contributed by atoms with Crippen LogP contribution in [0, 0.1) is 5.92 Å². The quantitative estimate of drug-likeness (QED) is 0.794. The molecule has 6 nitrogen and oxygen atoms in total. The van der Waals surface area contributed by atoms with E-state index in [1.54, 1.807) is 20.2 Å². The van der Waals surface area contributed by atoms with Gasteiger partial charge in [0.15, 0.2) is 6.61 Å². The van der Waals surface area contributed by atoms with Crippen molar-refractivity contribution in [2.75, 3.05) is 33.8 Å². The molecule has 0 aliphatic carbocycles. The molecule has 0 bridgehead atoms. The zero-order valence-electron chi connectivity index (χ0n) is 12.8. The minimum atomic E-state index is -0.0915. The fourth-order valence-electron chi connectivity index (χ4n) is 1.83. The van der Waals surface area contributed by atoms with Gasteiger partial charge in [0.2, 0.25) is 5.91 Å². The number of nitrogens with zero attached hydrogens (tertiary/aromatic N) is 1. The Bertz CT molecular complexity index is 519. The standard InChI is InChI=1S/C15H21N3O3.ClH/c1-18(2)14(19)10-21-13-5-3-4-11(6-13)7-17-15(20)12-8-16-9-12;/h3-6,12,16H,7-10H2,1-2H3,(H,17,20);1H. The summed E-state index contributed by atoms with van der Waals surface area (Å²) in [4.78, 5) is 24.7. The first kappa shape index (κ1) is 18.3. The van der Waals surface area contributed by atoms with Crippen molar-refractivity contribution in [2.24, 2.45) is 5.92 Å². The second-order valence-electron chi connectivity index (χ2n) is 5.30. The average Bonchev–Trinajstić information content (AvgIpc) is 2.41. The minimum Gasteiger partial charge on any atom is -0.484 e. The number of likely N-dealkylation sites (N-methyl/N-ethyl adjacent to an activating group) is 1. The van der Waals surface area contributed by atoms with Crippen LogP contribution in [0.2, 0.25) is 0 Å². The van der Waals surface area contributed by atoms with Crippen molar-refractivity contribution < 1.29 is 14.3 Å². The lowest BCUT2D eigenvalue weighted by molar-refractivity contribution is -0.130. The van der Waals surface area contributed by atoms with E-state index in [0.29, 0.717) is 12.3 Å². The summed E-state index contributed by atoms with van der Waals surface area (Å²) in [7, 11) is 3.37. The number of benzene rings is 1. The van der Waals surface area contributed by atoms with Crippen LogP contribution in [0.25, 0.3) is 0 Å². The summed E-state index contributed by atoms with van der Waals surface area (Å²) < 4.78 is 5.44. The van der Waals surface area contributed by atoms with E-state index in [-0.39, 0.29) is 36.7 Å². The number of nitrogens with one attached hydrogen (secondary N) is 2. The number of carbonyl (C=O) groups is 2. The van der Waals surface area contributed by atoms with E-state index in [1.165, 1.54) is 4.90 Å². The Morgan fingerprint density at radius 3 is 2.68 bits per heavy atom. The molecule has 2 amide bonds. The molecule has 0 radical (unpaired) electrons. The molecule has 1 aliphatic heterocycles. The van der Waals surface area contributed by atoms with Crippen molar-refractivity contribution in [3.8, 4) is 5.75 Å². The Hall–Kier alpha value is -1.79. The first-order chi connectivity index (χ1) is 10.1. The van der Waals surface area contributed by atoms with Gasteiger partial charge in [-0.2, -0.15) is 0 Å². The summed E-state index contributed by atoms with van der Waals surface area (Å²) in [5.41, 5.74) is 0.949. The molecule has 0 aromatic heterocycles. The number of carbonyl (C=O) groups excluding carboxylic acids is 2. The second kappa shape index (κ2) is 8.60. The average molecular weight is 328 g/mol. The summed E-state index contributed by atoms with van der Waals surface area (Å²) in [6.07, 6.45) is 0. The van der Waals surface area contributed by atoms with E-state index < -0.39 is 0 Å². The fourth-order valence-corrected chi connectivity index (χ4v) is 1.83. The lowest BCUT2D eigenvalue weighted by Crippen LogP contribution is -2.50.